The molecular weight excluding hydrogens is 759 g/mol. The van der Waals surface area contributed by atoms with Crippen LogP contribution in [0.1, 0.15) is 0 Å². The summed E-state index contributed by atoms with van der Waals surface area (Å²) in [6, 6.07) is 81.2. The first-order valence-corrected chi connectivity index (χ1v) is 21.5. The molecule has 61 heavy (non-hydrogen) atoms. The summed E-state index contributed by atoms with van der Waals surface area (Å²) in [6.45, 7) is 0. The van der Waals surface area contributed by atoms with Crippen molar-refractivity contribution >= 4 is 81.3 Å². The Morgan fingerprint density at radius 3 is 1.62 bits per heavy atom. The Morgan fingerprint density at radius 1 is 0.328 bits per heavy atom. The SMILES string of the molecule is c1cc(-c2ccc(N(c3ccc(-c4cccc5c4sc4ccccc45)cc3)c3ccc(-c4cccc5oc6ccccc6c45)cc3)cc2)cc(-c2ccc3ccccc3c2)c1. The van der Waals surface area contributed by atoms with E-state index < -0.39 is 0 Å². The van der Waals surface area contributed by atoms with Crippen molar-refractivity contribution in [3.05, 3.63) is 224 Å². The minimum absolute atomic E-state index is 0.902. The Kier molecular flexibility index (Phi) is 8.39. The number of hydrogen-bond donors (Lipinski definition) is 0. The van der Waals surface area contributed by atoms with Crippen LogP contribution in [0.2, 0.25) is 0 Å². The van der Waals surface area contributed by atoms with Gasteiger partial charge in [0.05, 0.1) is 0 Å². The Morgan fingerprint density at radius 2 is 0.852 bits per heavy atom. The van der Waals surface area contributed by atoms with Gasteiger partial charge < -0.3 is 9.32 Å². The fourth-order valence-corrected chi connectivity index (χ4v) is 10.3. The van der Waals surface area contributed by atoms with Crippen LogP contribution in [-0.2, 0) is 0 Å². The van der Waals surface area contributed by atoms with Crippen LogP contribution >= 0.6 is 11.3 Å². The first-order valence-electron chi connectivity index (χ1n) is 20.7. The zero-order valence-corrected chi connectivity index (χ0v) is 33.9. The molecule has 0 amide bonds. The number of thiophene rings is 1. The van der Waals surface area contributed by atoms with Crippen LogP contribution < -0.4 is 4.90 Å². The van der Waals surface area contributed by atoms with E-state index in [2.05, 4.69) is 217 Å². The molecule has 0 bridgehead atoms. The van der Waals surface area contributed by atoms with E-state index in [1.807, 2.05) is 23.5 Å². The highest BCUT2D eigenvalue weighted by Gasteiger charge is 2.17. The van der Waals surface area contributed by atoms with Crippen LogP contribution in [0.25, 0.3) is 97.4 Å². The average Bonchev–Trinajstić information content (AvgIpc) is 3.91. The van der Waals surface area contributed by atoms with E-state index in [-0.39, 0.29) is 0 Å². The second-order valence-electron chi connectivity index (χ2n) is 15.7. The zero-order valence-electron chi connectivity index (χ0n) is 33.1. The number of benzene rings is 10. The predicted octanol–water partition coefficient (Wildman–Crippen LogP) is 17.2. The van der Waals surface area contributed by atoms with Crippen molar-refractivity contribution in [3.63, 3.8) is 0 Å². The van der Waals surface area contributed by atoms with E-state index in [0.29, 0.717) is 0 Å². The normalized spacial score (nSPS) is 11.6. The van der Waals surface area contributed by atoms with E-state index >= 15 is 0 Å². The van der Waals surface area contributed by atoms with Crippen molar-refractivity contribution in [1.82, 2.24) is 0 Å². The molecule has 0 saturated carbocycles. The van der Waals surface area contributed by atoms with E-state index in [4.69, 9.17) is 4.42 Å². The molecular formula is C58H37NOS. The molecule has 0 unspecified atom stereocenters. The van der Waals surface area contributed by atoms with Crippen LogP contribution in [0.5, 0.6) is 0 Å². The van der Waals surface area contributed by atoms with Gasteiger partial charge in [0.1, 0.15) is 11.2 Å². The van der Waals surface area contributed by atoms with Crippen molar-refractivity contribution in [1.29, 1.82) is 0 Å². The molecule has 2 aromatic heterocycles. The quantitative estimate of drug-likeness (QED) is 0.160. The van der Waals surface area contributed by atoms with Gasteiger partial charge in [-0.2, -0.15) is 0 Å². The molecule has 10 aromatic carbocycles. The van der Waals surface area contributed by atoms with Gasteiger partial charge in [0.15, 0.2) is 0 Å². The van der Waals surface area contributed by atoms with Crippen LogP contribution in [0.15, 0.2) is 229 Å². The number of rotatable bonds is 7. The third-order valence-electron chi connectivity index (χ3n) is 12.1. The lowest BCUT2D eigenvalue weighted by Crippen LogP contribution is -2.09. The highest BCUT2D eigenvalue weighted by Crippen LogP contribution is 2.43. The Hall–Kier alpha value is -7.72. The lowest BCUT2D eigenvalue weighted by molar-refractivity contribution is 0.669. The molecule has 0 spiro atoms. The van der Waals surface area contributed by atoms with Crippen molar-refractivity contribution < 1.29 is 4.42 Å². The maximum absolute atomic E-state index is 6.25. The molecule has 0 N–H and O–H groups in total. The van der Waals surface area contributed by atoms with Crippen molar-refractivity contribution in [2.75, 3.05) is 4.90 Å². The lowest BCUT2D eigenvalue weighted by Gasteiger charge is -2.26. The third-order valence-corrected chi connectivity index (χ3v) is 13.3. The molecule has 0 aliphatic heterocycles. The van der Waals surface area contributed by atoms with Gasteiger partial charge in [-0.25, -0.2) is 0 Å². The van der Waals surface area contributed by atoms with E-state index in [1.54, 1.807) is 0 Å². The fourth-order valence-electron chi connectivity index (χ4n) is 9.07. The molecule has 2 nitrogen and oxygen atoms in total. The number of fused-ring (bicyclic) bond motifs is 7. The van der Waals surface area contributed by atoms with Crippen LogP contribution in [0, 0.1) is 0 Å². The van der Waals surface area contributed by atoms with Gasteiger partial charge in [0.25, 0.3) is 0 Å². The Balaban J connectivity index is 0.929. The summed E-state index contributed by atoms with van der Waals surface area (Å²) < 4.78 is 8.89. The van der Waals surface area contributed by atoms with Gasteiger partial charge in [-0.15, -0.1) is 11.3 Å². The highest BCUT2D eigenvalue weighted by atomic mass is 32.1. The largest absolute Gasteiger partial charge is 0.456 e. The second kappa shape index (κ2) is 14.5. The average molecular weight is 796 g/mol. The van der Waals surface area contributed by atoms with Gasteiger partial charge in [-0.1, -0.05) is 158 Å². The van der Waals surface area contributed by atoms with E-state index in [0.717, 1.165) is 50.1 Å². The second-order valence-corrected chi connectivity index (χ2v) is 16.7. The summed E-state index contributed by atoms with van der Waals surface area (Å²) in [6.07, 6.45) is 0. The minimum atomic E-state index is 0.902. The number of para-hydroxylation sites is 1. The van der Waals surface area contributed by atoms with Crippen molar-refractivity contribution in [2.45, 2.75) is 0 Å². The summed E-state index contributed by atoms with van der Waals surface area (Å²) in [5.74, 6) is 0. The smallest absolute Gasteiger partial charge is 0.136 e. The Labute approximate surface area is 357 Å². The molecule has 0 atom stereocenters. The maximum Gasteiger partial charge on any atom is 0.136 e. The summed E-state index contributed by atoms with van der Waals surface area (Å²) in [4.78, 5) is 2.36. The number of furan rings is 1. The van der Waals surface area contributed by atoms with Crippen LogP contribution in [0.4, 0.5) is 17.1 Å². The molecule has 286 valence electrons. The number of anilines is 3. The minimum Gasteiger partial charge on any atom is -0.456 e. The predicted molar refractivity (Wildman–Crippen MR) is 261 cm³/mol. The zero-order chi connectivity index (χ0) is 40.3. The monoisotopic (exact) mass is 795 g/mol. The summed E-state index contributed by atoms with van der Waals surface area (Å²) in [5, 5.41) is 7.41. The van der Waals surface area contributed by atoms with E-state index in [9.17, 15) is 0 Å². The van der Waals surface area contributed by atoms with Gasteiger partial charge >= 0.3 is 0 Å². The lowest BCUT2D eigenvalue weighted by atomic mass is 9.97. The standard InChI is InChI=1S/C58H37NOS/c1-2-11-42-37-45(23-22-38(42)10-1)44-13-7-12-43(36-44)39-24-30-46(31-25-39)59(47-32-26-40(27-33-47)49-16-9-20-55-57(49)53-15-3-5-19-54(53)60-55)48-34-28-41(29-35-48)50-17-8-18-52-51-14-4-6-21-56(51)61-58(50)52/h1-37H. The fraction of sp³-hybridized carbons (Fsp3) is 0. The Bertz CT molecular complexity index is 3580. The van der Waals surface area contributed by atoms with E-state index in [1.165, 1.54) is 64.3 Å². The maximum atomic E-state index is 6.25. The van der Waals surface area contributed by atoms with Crippen LogP contribution in [-0.4, -0.2) is 0 Å². The van der Waals surface area contributed by atoms with Crippen molar-refractivity contribution in [2.24, 2.45) is 0 Å². The number of hydrogen-bond acceptors (Lipinski definition) is 3. The molecule has 0 aliphatic rings. The molecule has 0 aliphatic carbocycles. The first-order chi connectivity index (χ1) is 30.2. The first kappa shape index (κ1) is 35.2. The molecule has 0 saturated heterocycles. The van der Waals surface area contributed by atoms with Crippen molar-refractivity contribution in [3.8, 4) is 44.5 Å². The molecule has 0 fully saturated rings. The topological polar surface area (TPSA) is 16.4 Å². The molecule has 2 heterocycles. The summed E-state index contributed by atoms with van der Waals surface area (Å²) in [7, 11) is 0. The van der Waals surface area contributed by atoms with Gasteiger partial charge in [0.2, 0.25) is 0 Å². The van der Waals surface area contributed by atoms with Gasteiger partial charge in [-0.3, -0.25) is 0 Å². The molecule has 3 heteroatoms. The highest BCUT2D eigenvalue weighted by molar-refractivity contribution is 7.26. The summed E-state index contributed by atoms with van der Waals surface area (Å²) >= 11 is 1.87. The number of nitrogens with zero attached hydrogens (tertiary/aromatic N) is 1. The summed E-state index contributed by atoms with van der Waals surface area (Å²) in [5.41, 5.74) is 14.6. The molecule has 0 radical (unpaired) electrons. The molecule has 12 aromatic rings. The third kappa shape index (κ3) is 6.18. The van der Waals surface area contributed by atoms with Crippen LogP contribution in [0.3, 0.4) is 0 Å². The van der Waals surface area contributed by atoms with Gasteiger partial charge in [-0.05, 0) is 122 Å². The molecule has 12 rings (SSSR count). The van der Waals surface area contributed by atoms with Gasteiger partial charge in [0, 0.05) is 48.0 Å².